The van der Waals surface area contributed by atoms with Gasteiger partial charge in [-0.05, 0) is 18.2 Å². The first-order valence-electron chi connectivity index (χ1n) is 5.38. The van der Waals surface area contributed by atoms with Crippen molar-refractivity contribution in [2.45, 2.75) is 0 Å². The van der Waals surface area contributed by atoms with Crippen LogP contribution in [0.5, 0.6) is 0 Å². The Labute approximate surface area is 101 Å². The first-order valence-corrected chi connectivity index (χ1v) is 5.38. The van der Waals surface area contributed by atoms with Crippen LogP contribution in [0, 0.1) is 0 Å². The predicted molar refractivity (Wildman–Crippen MR) is 66.9 cm³/mol. The highest BCUT2D eigenvalue weighted by molar-refractivity contribution is 5.77. The van der Waals surface area contributed by atoms with E-state index in [1.807, 2.05) is 23.7 Å². The van der Waals surface area contributed by atoms with Crippen molar-refractivity contribution >= 4 is 11.0 Å². The normalized spacial score (nSPS) is 10.9. The SMILES string of the molecule is Cn1cnc2cc(-n3ccc(=O)[nH]c3=O)ccc21. The van der Waals surface area contributed by atoms with Gasteiger partial charge >= 0.3 is 5.69 Å². The summed E-state index contributed by atoms with van der Waals surface area (Å²) in [5, 5.41) is 0. The first kappa shape index (κ1) is 10.5. The van der Waals surface area contributed by atoms with Crippen molar-refractivity contribution in [2.24, 2.45) is 7.05 Å². The second-order valence-electron chi connectivity index (χ2n) is 4.01. The maximum atomic E-state index is 11.7. The summed E-state index contributed by atoms with van der Waals surface area (Å²) in [5.74, 6) is 0. The zero-order valence-electron chi connectivity index (χ0n) is 9.62. The Balaban J connectivity index is 2.25. The molecule has 6 nitrogen and oxygen atoms in total. The Morgan fingerprint density at radius 1 is 1.22 bits per heavy atom. The standard InChI is InChI=1S/C12H10N4O2/c1-15-7-13-9-6-8(2-3-10(9)15)16-5-4-11(17)14-12(16)18/h2-7H,1H3,(H,14,17,18). The highest BCUT2D eigenvalue weighted by Gasteiger charge is 2.04. The van der Waals surface area contributed by atoms with Crippen molar-refractivity contribution in [1.29, 1.82) is 0 Å². The maximum absolute atomic E-state index is 11.7. The molecule has 0 unspecified atom stereocenters. The molecule has 0 amide bonds. The highest BCUT2D eigenvalue weighted by Crippen LogP contribution is 2.15. The van der Waals surface area contributed by atoms with Crippen LogP contribution in [0.2, 0.25) is 0 Å². The molecule has 0 saturated heterocycles. The van der Waals surface area contributed by atoms with Crippen molar-refractivity contribution in [3.8, 4) is 5.69 Å². The van der Waals surface area contributed by atoms with E-state index in [0.717, 1.165) is 11.0 Å². The van der Waals surface area contributed by atoms with Gasteiger partial charge in [-0.1, -0.05) is 0 Å². The van der Waals surface area contributed by atoms with Gasteiger partial charge in [-0.2, -0.15) is 0 Å². The van der Waals surface area contributed by atoms with Gasteiger partial charge in [0.15, 0.2) is 0 Å². The third-order valence-electron chi connectivity index (χ3n) is 2.81. The van der Waals surface area contributed by atoms with Gasteiger partial charge in [0, 0.05) is 19.3 Å². The molecule has 3 rings (SSSR count). The Morgan fingerprint density at radius 2 is 2.06 bits per heavy atom. The summed E-state index contributed by atoms with van der Waals surface area (Å²) in [6, 6.07) is 6.80. The first-order chi connectivity index (χ1) is 8.65. The summed E-state index contributed by atoms with van der Waals surface area (Å²) in [6.07, 6.45) is 3.16. The van der Waals surface area contributed by atoms with E-state index in [1.165, 1.54) is 16.8 Å². The van der Waals surface area contributed by atoms with Gasteiger partial charge in [0.1, 0.15) is 0 Å². The molecule has 0 aliphatic rings. The minimum atomic E-state index is -0.460. The summed E-state index contributed by atoms with van der Waals surface area (Å²) in [4.78, 5) is 29.1. The number of nitrogens with one attached hydrogen (secondary N) is 1. The van der Waals surface area contributed by atoms with E-state index in [1.54, 1.807) is 12.4 Å². The lowest BCUT2D eigenvalue weighted by Crippen LogP contribution is -2.27. The molecule has 3 aromatic rings. The number of hydrogen-bond donors (Lipinski definition) is 1. The van der Waals surface area contributed by atoms with Crippen molar-refractivity contribution in [1.82, 2.24) is 19.1 Å². The monoisotopic (exact) mass is 242 g/mol. The molecule has 0 radical (unpaired) electrons. The van der Waals surface area contributed by atoms with Gasteiger partial charge in [-0.15, -0.1) is 0 Å². The molecule has 0 fully saturated rings. The molecule has 0 bridgehead atoms. The number of aryl methyl sites for hydroxylation is 1. The van der Waals surface area contributed by atoms with Crippen molar-refractivity contribution in [3.05, 3.63) is 57.6 Å². The van der Waals surface area contributed by atoms with E-state index in [-0.39, 0.29) is 0 Å². The number of fused-ring (bicyclic) bond motifs is 1. The number of H-pyrrole nitrogens is 1. The van der Waals surface area contributed by atoms with Crippen LogP contribution in [-0.4, -0.2) is 19.1 Å². The molecular formula is C12H10N4O2. The number of benzene rings is 1. The van der Waals surface area contributed by atoms with E-state index in [4.69, 9.17) is 0 Å². The summed E-state index contributed by atoms with van der Waals surface area (Å²) in [5.41, 5.74) is 1.58. The Hall–Kier alpha value is -2.63. The van der Waals surface area contributed by atoms with E-state index in [9.17, 15) is 9.59 Å². The number of imidazole rings is 1. The van der Waals surface area contributed by atoms with Crippen LogP contribution in [0.1, 0.15) is 0 Å². The van der Waals surface area contributed by atoms with Gasteiger partial charge in [0.05, 0.1) is 23.0 Å². The van der Waals surface area contributed by atoms with Crippen LogP contribution in [-0.2, 0) is 7.05 Å². The number of aromatic nitrogens is 4. The van der Waals surface area contributed by atoms with Crippen LogP contribution in [0.4, 0.5) is 0 Å². The Kier molecular flexibility index (Phi) is 2.16. The van der Waals surface area contributed by atoms with Gasteiger partial charge in [0.2, 0.25) is 0 Å². The molecule has 6 heteroatoms. The fourth-order valence-corrected chi connectivity index (χ4v) is 1.89. The van der Waals surface area contributed by atoms with E-state index in [2.05, 4.69) is 9.97 Å². The largest absolute Gasteiger partial charge is 0.334 e. The third-order valence-corrected chi connectivity index (χ3v) is 2.81. The zero-order chi connectivity index (χ0) is 12.7. The summed E-state index contributed by atoms with van der Waals surface area (Å²) in [7, 11) is 1.90. The Bertz CT molecular complexity index is 841. The zero-order valence-corrected chi connectivity index (χ0v) is 9.62. The molecule has 0 spiro atoms. The fraction of sp³-hybridized carbons (Fsp3) is 0.0833. The third kappa shape index (κ3) is 1.55. The van der Waals surface area contributed by atoms with Gasteiger partial charge in [-0.3, -0.25) is 14.3 Å². The molecule has 1 aromatic carbocycles. The second kappa shape index (κ2) is 3.69. The maximum Gasteiger partial charge on any atom is 0.332 e. The molecule has 0 atom stereocenters. The lowest BCUT2D eigenvalue weighted by atomic mass is 10.2. The molecule has 90 valence electrons. The number of hydrogen-bond acceptors (Lipinski definition) is 3. The highest BCUT2D eigenvalue weighted by atomic mass is 16.2. The van der Waals surface area contributed by atoms with Crippen molar-refractivity contribution < 1.29 is 0 Å². The van der Waals surface area contributed by atoms with E-state index < -0.39 is 11.2 Å². The summed E-state index contributed by atoms with van der Waals surface area (Å²) in [6.45, 7) is 0. The summed E-state index contributed by atoms with van der Waals surface area (Å²) >= 11 is 0. The van der Waals surface area contributed by atoms with Gasteiger partial charge < -0.3 is 4.57 Å². The average Bonchev–Trinajstić information content (AvgIpc) is 2.71. The van der Waals surface area contributed by atoms with Crippen LogP contribution in [0.25, 0.3) is 16.7 Å². The molecule has 2 heterocycles. The van der Waals surface area contributed by atoms with Gasteiger partial charge in [-0.25, -0.2) is 9.78 Å². The van der Waals surface area contributed by atoms with Crippen LogP contribution in [0.15, 0.2) is 46.4 Å². The number of aromatic amines is 1. The van der Waals surface area contributed by atoms with E-state index >= 15 is 0 Å². The van der Waals surface area contributed by atoms with Gasteiger partial charge in [0.25, 0.3) is 5.56 Å². The minimum absolute atomic E-state index is 0.407. The lowest BCUT2D eigenvalue weighted by Gasteiger charge is -2.04. The Morgan fingerprint density at radius 3 is 2.83 bits per heavy atom. The summed E-state index contributed by atoms with van der Waals surface area (Å²) < 4.78 is 3.27. The molecule has 0 aliphatic carbocycles. The molecule has 2 aromatic heterocycles. The van der Waals surface area contributed by atoms with Crippen molar-refractivity contribution in [3.63, 3.8) is 0 Å². The van der Waals surface area contributed by atoms with E-state index in [0.29, 0.717) is 5.69 Å². The fourth-order valence-electron chi connectivity index (χ4n) is 1.89. The topological polar surface area (TPSA) is 72.7 Å². The molecular weight excluding hydrogens is 232 g/mol. The van der Waals surface area contributed by atoms with Crippen LogP contribution in [0.3, 0.4) is 0 Å². The molecule has 0 aliphatic heterocycles. The molecule has 18 heavy (non-hydrogen) atoms. The molecule has 0 saturated carbocycles. The lowest BCUT2D eigenvalue weighted by molar-refractivity contribution is 0.897. The number of nitrogens with zero attached hydrogens (tertiary/aromatic N) is 3. The average molecular weight is 242 g/mol. The minimum Gasteiger partial charge on any atom is -0.334 e. The van der Waals surface area contributed by atoms with Crippen LogP contribution >= 0.6 is 0 Å². The van der Waals surface area contributed by atoms with Crippen molar-refractivity contribution in [2.75, 3.05) is 0 Å². The second-order valence-corrected chi connectivity index (χ2v) is 4.01. The quantitative estimate of drug-likeness (QED) is 0.671. The van der Waals surface area contributed by atoms with Crippen LogP contribution < -0.4 is 11.2 Å². The smallest absolute Gasteiger partial charge is 0.332 e. The number of rotatable bonds is 1. The predicted octanol–water partition coefficient (Wildman–Crippen LogP) is 0.412. The molecule has 1 N–H and O–H groups in total.